The number of hydrogen-bond acceptors (Lipinski definition) is 1. The van der Waals surface area contributed by atoms with E-state index < -0.39 is 0 Å². The summed E-state index contributed by atoms with van der Waals surface area (Å²) in [7, 11) is 0. The van der Waals surface area contributed by atoms with Crippen molar-refractivity contribution in [3.8, 4) is 22.4 Å². The molecule has 6 aromatic rings. The van der Waals surface area contributed by atoms with Crippen molar-refractivity contribution in [2.24, 2.45) is 0 Å². The largest absolute Gasteiger partial charge is 0.256 e. The molecule has 34 heavy (non-hydrogen) atoms. The summed E-state index contributed by atoms with van der Waals surface area (Å²) in [6, 6.07) is 37.2. The van der Waals surface area contributed by atoms with E-state index in [2.05, 4.69) is 124 Å². The molecular formula is C33H27N. The predicted molar refractivity (Wildman–Crippen MR) is 146 cm³/mol. The average Bonchev–Trinajstić information content (AvgIpc) is 2.88. The van der Waals surface area contributed by atoms with Gasteiger partial charge in [0.15, 0.2) is 0 Å². The minimum absolute atomic E-state index is 0.0159. The summed E-state index contributed by atoms with van der Waals surface area (Å²) in [5.74, 6) is 0. The summed E-state index contributed by atoms with van der Waals surface area (Å²) in [5, 5.41) is 7.81. The first kappa shape index (κ1) is 20.6. The summed E-state index contributed by atoms with van der Waals surface area (Å²) in [6.45, 7) is 6.79. The Morgan fingerprint density at radius 1 is 0.500 bits per heavy atom. The molecule has 5 aromatic carbocycles. The highest BCUT2D eigenvalue weighted by Crippen LogP contribution is 2.40. The zero-order valence-electron chi connectivity index (χ0n) is 19.8. The molecule has 1 heteroatoms. The average molecular weight is 438 g/mol. The topological polar surface area (TPSA) is 12.9 Å². The number of pyridine rings is 1. The molecule has 0 fully saturated rings. The van der Waals surface area contributed by atoms with Gasteiger partial charge < -0.3 is 0 Å². The van der Waals surface area contributed by atoms with E-state index in [1.807, 2.05) is 6.07 Å². The Kier molecular flexibility index (Phi) is 4.74. The summed E-state index contributed by atoms with van der Waals surface area (Å²) in [4.78, 5) is 4.85. The van der Waals surface area contributed by atoms with Gasteiger partial charge in [0.1, 0.15) is 0 Å². The molecule has 1 heterocycles. The number of rotatable bonds is 2. The van der Waals surface area contributed by atoms with Crippen molar-refractivity contribution in [2.75, 3.05) is 0 Å². The van der Waals surface area contributed by atoms with Crippen molar-refractivity contribution in [1.82, 2.24) is 4.98 Å². The second-order valence-corrected chi connectivity index (χ2v) is 10.1. The molecule has 0 spiro atoms. The van der Waals surface area contributed by atoms with Crippen LogP contribution < -0.4 is 0 Å². The molecule has 164 valence electrons. The number of benzene rings is 5. The maximum Gasteiger partial charge on any atom is 0.0708 e. The van der Waals surface area contributed by atoms with Crippen LogP contribution in [-0.4, -0.2) is 4.98 Å². The maximum absolute atomic E-state index is 4.85. The van der Waals surface area contributed by atoms with Crippen LogP contribution in [0.15, 0.2) is 109 Å². The molecule has 0 radical (unpaired) electrons. The standard InChI is InChI=1S/C33H27N/c1-33(2,3)31-21-34-32(22-11-5-4-6-12-22)20-29(31)23-17-18-28-26-15-8-7-13-24(26)25-14-9-10-16-27(25)30(28)19-23/h4-21H,1-3H3. The molecule has 0 N–H and O–H groups in total. The Bertz CT molecular complexity index is 1640. The van der Waals surface area contributed by atoms with Gasteiger partial charge in [0.05, 0.1) is 5.69 Å². The lowest BCUT2D eigenvalue weighted by Crippen LogP contribution is -2.13. The Labute approximate surface area is 200 Å². The number of nitrogens with zero attached hydrogens (tertiary/aromatic N) is 1. The van der Waals surface area contributed by atoms with E-state index in [-0.39, 0.29) is 5.41 Å². The van der Waals surface area contributed by atoms with E-state index in [1.165, 1.54) is 49.0 Å². The van der Waals surface area contributed by atoms with Gasteiger partial charge in [-0.15, -0.1) is 0 Å². The SMILES string of the molecule is CC(C)(C)c1cnc(-c2ccccc2)cc1-c1ccc2c3ccccc3c3ccccc3c2c1. The van der Waals surface area contributed by atoms with Crippen molar-refractivity contribution < 1.29 is 0 Å². The first-order valence-corrected chi connectivity index (χ1v) is 11.9. The summed E-state index contributed by atoms with van der Waals surface area (Å²) in [5.41, 5.74) is 5.88. The summed E-state index contributed by atoms with van der Waals surface area (Å²) < 4.78 is 0. The van der Waals surface area contributed by atoms with E-state index in [4.69, 9.17) is 4.98 Å². The normalized spacial score (nSPS) is 12.0. The van der Waals surface area contributed by atoms with E-state index in [0.717, 1.165) is 11.3 Å². The molecule has 6 rings (SSSR count). The second-order valence-electron chi connectivity index (χ2n) is 10.1. The molecule has 0 aliphatic heterocycles. The van der Waals surface area contributed by atoms with Crippen molar-refractivity contribution >= 4 is 32.3 Å². The number of hydrogen-bond donors (Lipinski definition) is 0. The highest BCUT2D eigenvalue weighted by Gasteiger charge is 2.21. The molecule has 0 aliphatic carbocycles. The van der Waals surface area contributed by atoms with Crippen molar-refractivity contribution in [3.63, 3.8) is 0 Å². The maximum atomic E-state index is 4.85. The third kappa shape index (κ3) is 3.36. The zero-order chi connectivity index (χ0) is 23.3. The molecule has 1 nitrogen and oxygen atoms in total. The Balaban J connectivity index is 1.67. The van der Waals surface area contributed by atoms with Gasteiger partial charge in [-0.1, -0.05) is 112 Å². The van der Waals surface area contributed by atoms with Crippen molar-refractivity contribution in [2.45, 2.75) is 26.2 Å². The highest BCUT2D eigenvalue weighted by molar-refractivity contribution is 6.25. The molecule has 1 aromatic heterocycles. The van der Waals surface area contributed by atoms with Gasteiger partial charge in [0.2, 0.25) is 0 Å². The molecule has 0 saturated heterocycles. The van der Waals surface area contributed by atoms with Crippen LogP contribution in [0.2, 0.25) is 0 Å². The van der Waals surface area contributed by atoms with E-state index in [0.29, 0.717) is 0 Å². The van der Waals surface area contributed by atoms with Gasteiger partial charge in [-0.2, -0.15) is 0 Å². The molecular weight excluding hydrogens is 410 g/mol. The first-order chi connectivity index (χ1) is 16.5. The van der Waals surface area contributed by atoms with Gasteiger partial charge in [0, 0.05) is 11.8 Å². The van der Waals surface area contributed by atoms with E-state index in [9.17, 15) is 0 Å². The van der Waals surface area contributed by atoms with Gasteiger partial charge in [-0.25, -0.2) is 0 Å². The van der Waals surface area contributed by atoms with Crippen LogP contribution in [0.5, 0.6) is 0 Å². The fourth-order valence-corrected chi connectivity index (χ4v) is 5.13. The molecule has 0 unspecified atom stereocenters. The second kappa shape index (κ2) is 7.81. The number of aromatic nitrogens is 1. The van der Waals surface area contributed by atoms with Crippen LogP contribution >= 0.6 is 0 Å². The van der Waals surface area contributed by atoms with Gasteiger partial charge in [0.25, 0.3) is 0 Å². The summed E-state index contributed by atoms with van der Waals surface area (Å²) >= 11 is 0. The van der Waals surface area contributed by atoms with E-state index >= 15 is 0 Å². The third-order valence-electron chi connectivity index (χ3n) is 6.84. The molecule has 0 bridgehead atoms. The molecule has 0 saturated carbocycles. The lowest BCUT2D eigenvalue weighted by atomic mass is 9.82. The predicted octanol–water partition coefficient (Wildman–Crippen LogP) is 9.17. The number of fused-ring (bicyclic) bond motifs is 6. The quantitative estimate of drug-likeness (QED) is 0.246. The minimum atomic E-state index is -0.0159. The molecule has 0 aliphatic rings. The monoisotopic (exact) mass is 437 g/mol. The summed E-state index contributed by atoms with van der Waals surface area (Å²) in [6.07, 6.45) is 2.07. The van der Waals surface area contributed by atoms with Gasteiger partial charge in [-0.3, -0.25) is 4.98 Å². The first-order valence-electron chi connectivity index (χ1n) is 11.9. The van der Waals surface area contributed by atoms with Crippen LogP contribution in [0.25, 0.3) is 54.7 Å². The van der Waals surface area contributed by atoms with E-state index in [1.54, 1.807) is 0 Å². The Morgan fingerprint density at radius 2 is 1.03 bits per heavy atom. The lowest BCUT2D eigenvalue weighted by Gasteiger charge is -2.24. The van der Waals surface area contributed by atoms with Crippen LogP contribution in [0.3, 0.4) is 0 Å². The van der Waals surface area contributed by atoms with Crippen LogP contribution in [0.1, 0.15) is 26.3 Å². The minimum Gasteiger partial charge on any atom is -0.256 e. The Morgan fingerprint density at radius 3 is 1.62 bits per heavy atom. The third-order valence-corrected chi connectivity index (χ3v) is 6.84. The molecule has 0 amide bonds. The lowest BCUT2D eigenvalue weighted by molar-refractivity contribution is 0.589. The van der Waals surface area contributed by atoms with Crippen LogP contribution in [-0.2, 0) is 5.41 Å². The smallest absolute Gasteiger partial charge is 0.0708 e. The fraction of sp³-hybridized carbons (Fsp3) is 0.121. The highest BCUT2D eigenvalue weighted by atomic mass is 14.7. The van der Waals surface area contributed by atoms with Crippen molar-refractivity contribution in [3.05, 3.63) is 115 Å². The van der Waals surface area contributed by atoms with Crippen LogP contribution in [0, 0.1) is 0 Å². The molecule has 0 atom stereocenters. The van der Waals surface area contributed by atoms with Gasteiger partial charge in [-0.05, 0) is 66.6 Å². The Hall–Kier alpha value is -3.97. The fourth-order valence-electron chi connectivity index (χ4n) is 5.13. The van der Waals surface area contributed by atoms with Crippen LogP contribution in [0.4, 0.5) is 0 Å². The zero-order valence-corrected chi connectivity index (χ0v) is 19.8. The van der Waals surface area contributed by atoms with Gasteiger partial charge >= 0.3 is 0 Å². The van der Waals surface area contributed by atoms with Crippen molar-refractivity contribution in [1.29, 1.82) is 0 Å².